The highest BCUT2D eigenvalue weighted by Crippen LogP contribution is 2.34. The van der Waals surface area contributed by atoms with Gasteiger partial charge in [-0.25, -0.2) is 13.4 Å². The number of aryl methyl sites for hydroxylation is 2. The molecule has 5 nitrogen and oxygen atoms in total. The van der Waals surface area contributed by atoms with Gasteiger partial charge in [-0.2, -0.15) is 0 Å². The Morgan fingerprint density at radius 2 is 1.88 bits per heavy atom. The lowest BCUT2D eigenvalue weighted by Crippen LogP contribution is -2.39. The number of anilines is 1. The maximum absolute atomic E-state index is 13.3. The summed E-state index contributed by atoms with van der Waals surface area (Å²) >= 11 is 5.02. The van der Waals surface area contributed by atoms with Crippen LogP contribution in [0.3, 0.4) is 0 Å². The van der Waals surface area contributed by atoms with Gasteiger partial charge >= 0.3 is 0 Å². The molecule has 170 valence electrons. The summed E-state index contributed by atoms with van der Waals surface area (Å²) in [6.45, 7) is 5.61. The van der Waals surface area contributed by atoms with E-state index < -0.39 is 15.1 Å². The second-order valence-electron chi connectivity index (χ2n) is 8.24. The molecule has 0 radical (unpaired) electrons. The molecule has 32 heavy (non-hydrogen) atoms. The summed E-state index contributed by atoms with van der Waals surface area (Å²) in [6, 6.07) is 11.7. The fourth-order valence-corrected chi connectivity index (χ4v) is 7.36. The summed E-state index contributed by atoms with van der Waals surface area (Å²) in [5, 5.41) is 2.66. The molecule has 0 atom stereocenters. The van der Waals surface area contributed by atoms with E-state index in [-0.39, 0.29) is 4.90 Å². The predicted molar refractivity (Wildman–Crippen MR) is 134 cm³/mol. The molecule has 1 aromatic heterocycles. The summed E-state index contributed by atoms with van der Waals surface area (Å²) in [6.07, 6.45) is 1.96. The zero-order valence-electron chi connectivity index (χ0n) is 18.5. The third-order valence-electron chi connectivity index (χ3n) is 6.08. The third kappa shape index (κ3) is 4.87. The van der Waals surface area contributed by atoms with E-state index in [0.29, 0.717) is 31.7 Å². The number of sulfone groups is 1. The van der Waals surface area contributed by atoms with Crippen LogP contribution < -0.4 is 9.64 Å². The quantitative estimate of drug-likeness (QED) is 0.414. The van der Waals surface area contributed by atoms with Crippen LogP contribution in [-0.4, -0.2) is 38.9 Å². The van der Waals surface area contributed by atoms with Crippen molar-refractivity contribution >= 4 is 42.2 Å². The molecule has 0 amide bonds. The molecule has 1 saturated heterocycles. The number of ether oxygens (including phenoxy) is 1. The lowest BCUT2D eigenvalue weighted by atomic mass is 10.0. The van der Waals surface area contributed by atoms with E-state index in [2.05, 4.69) is 58.3 Å². The van der Waals surface area contributed by atoms with E-state index in [9.17, 15) is 8.42 Å². The van der Waals surface area contributed by atoms with Crippen molar-refractivity contribution in [2.24, 2.45) is 0 Å². The average molecular weight is 536 g/mol. The van der Waals surface area contributed by atoms with Crippen molar-refractivity contribution in [3.8, 4) is 5.75 Å². The maximum atomic E-state index is 13.3. The van der Waals surface area contributed by atoms with E-state index in [1.165, 1.54) is 23.8 Å². The number of methoxy groups -OCH3 is 1. The van der Waals surface area contributed by atoms with Crippen molar-refractivity contribution < 1.29 is 13.2 Å². The molecular formula is C24H27BrN2O3S2. The van der Waals surface area contributed by atoms with Gasteiger partial charge in [0.25, 0.3) is 0 Å². The van der Waals surface area contributed by atoms with Gasteiger partial charge in [-0.15, -0.1) is 11.3 Å². The predicted octanol–water partition coefficient (Wildman–Crippen LogP) is 5.56. The Labute approximate surface area is 202 Å². The minimum atomic E-state index is -3.47. The number of nitrogens with zero attached hydrogens (tertiary/aromatic N) is 2. The first kappa shape index (κ1) is 23.3. The van der Waals surface area contributed by atoms with E-state index in [0.717, 1.165) is 21.7 Å². The number of thiazole rings is 1. The van der Waals surface area contributed by atoms with Crippen molar-refractivity contribution in [3.63, 3.8) is 0 Å². The van der Waals surface area contributed by atoms with E-state index in [1.54, 1.807) is 29.5 Å². The molecule has 0 aliphatic carbocycles. The van der Waals surface area contributed by atoms with Crippen LogP contribution in [0, 0.1) is 13.8 Å². The van der Waals surface area contributed by atoms with E-state index >= 15 is 0 Å². The molecule has 2 aromatic carbocycles. The fraction of sp³-hybridized carbons (Fsp3) is 0.375. The summed E-state index contributed by atoms with van der Waals surface area (Å²) < 4.78 is 32.6. The van der Waals surface area contributed by atoms with Gasteiger partial charge in [-0.3, -0.25) is 0 Å². The molecule has 3 aromatic rings. The minimum absolute atomic E-state index is 0.262. The highest BCUT2D eigenvalue weighted by atomic mass is 79.9. The zero-order valence-corrected chi connectivity index (χ0v) is 21.7. The smallest absolute Gasteiger partial charge is 0.185 e. The van der Waals surface area contributed by atoms with Crippen molar-refractivity contribution in [2.75, 3.05) is 25.1 Å². The Balaban J connectivity index is 1.43. The summed E-state index contributed by atoms with van der Waals surface area (Å²) in [4.78, 5) is 7.30. The van der Waals surface area contributed by atoms with Crippen LogP contribution in [0.25, 0.3) is 0 Å². The Morgan fingerprint density at radius 3 is 2.56 bits per heavy atom. The van der Waals surface area contributed by atoms with Gasteiger partial charge in [0.05, 0.1) is 18.1 Å². The molecular weight excluding hydrogens is 508 g/mol. The number of piperidine rings is 1. The van der Waals surface area contributed by atoms with Crippen LogP contribution in [0.5, 0.6) is 5.75 Å². The Hall–Kier alpha value is -1.90. The van der Waals surface area contributed by atoms with Crippen LogP contribution in [0.15, 0.2) is 51.1 Å². The first-order valence-corrected chi connectivity index (χ1v) is 13.8. The number of hydrogen-bond donors (Lipinski definition) is 0. The van der Waals surface area contributed by atoms with Crippen LogP contribution in [0.1, 0.15) is 35.2 Å². The standard InChI is InChI=1S/C24H27BrN2O3S2/c1-16-4-5-18(12-17(16)2)13-20-15-31-24(26-20)27-10-8-21(9-11-27)32(28,29)23-14-19(25)6-7-22(23)30-3/h4-7,12,14-15,21H,8-11,13H2,1-3H3. The summed E-state index contributed by atoms with van der Waals surface area (Å²) in [7, 11) is -1.97. The molecule has 1 aliphatic rings. The van der Waals surface area contributed by atoms with Crippen molar-refractivity contribution in [3.05, 3.63) is 68.6 Å². The second kappa shape index (κ2) is 9.53. The molecule has 1 fully saturated rings. The molecule has 0 saturated carbocycles. The summed E-state index contributed by atoms with van der Waals surface area (Å²) in [5.74, 6) is 0.395. The lowest BCUT2D eigenvalue weighted by molar-refractivity contribution is 0.401. The van der Waals surface area contributed by atoms with Gasteiger partial charge in [-0.1, -0.05) is 34.1 Å². The third-order valence-corrected chi connectivity index (χ3v) is 9.80. The fourth-order valence-electron chi connectivity index (χ4n) is 4.06. The number of benzene rings is 2. The van der Waals surface area contributed by atoms with Gasteiger partial charge in [0.2, 0.25) is 0 Å². The average Bonchev–Trinajstić information content (AvgIpc) is 3.25. The van der Waals surface area contributed by atoms with Gasteiger partial charge in [-0.05, 0) is 61.6 Å². The highest BCUT2D eigenvalue weighted by molar-refractivity contribution is 9.10. The van der Waals surface area contributed by atoms with Crippen molar-refractivity contribution in [1.29, 1.82) is 0 Å². The SMILES string of the molecule is COc1ccc(Br)cc1S(=O)(=O)C1CCN(c2nc(Cc3ccc(C)c(C)c3)cs2)CC1. The Kier molecular flexibility index (Phi) is 6.93. The monoisotopic (exact) mass is 534 g/mol. The second-order valence-corrected chi connectivity index (χ2v) is 12.2. The Morgan fingerprint density at radius 1 is 1.12 bits per heavy atom. The molecule has 0 spiro atoms. The molecule has 0 bridgehead atoms. The number of rotatable bonds is 6. The number of hydrogen-bond acceptors (Lipinski definition) is 6. The van der Waals surface area contributed by atoms with Crippen LogP contribution >= 0.6 is 27.3 Å². The molecule has 8 heteroatoms. The van der Waals surface area contributed by atoms with Gasteiger partial charge < -0.3 is 9.64 Å². The van der Waals surface area contributed by atoms with Gasteiger partial charge in [0.1, 0.15) is 10.6 Å². The Bertz CT molecular complexity index is 1220. The van der Waals surface area contributed by atoms with Crippen LogP contribution in [-0.2, 0) is 16.3 Å². The molecule has 4 rings (SSSR count). The lowest BCUT2D eigenvalue weighted by Gasteiger charge is -2.31. The van der Waals surface area contributed by atoms with Crippen molar-refractivity contribution in [1.82, 2.24) is 4.98 Å². The van der Waals surface area contributed by atoms with Crippen molar-refractivity contribution in [2.45, 2.75) is 43.3 Å². The maximum Gasteiger partial charge on any atom is 0.185 e. The van der Waals surface area contributed by atoms with E-state index in [1.807, 2.05) is 0 Å². The highest BCUT2D eigenvalue weighted by Gasteiger charge is 2.34. The van der Waals surface area contributed by atoms with Gasteiger partial charge in [0.15, 0.2) is 15.0 Å². The zero-order chi connectivity index (χ0) is 22.9. The molecule has 1 aliphatic heterocycles. The normalized spacial score (nSPS) is 15.2. The first-order chi connectivity index (χ1) is 15.3. The molecule has 0 unspecified atom stereocenters. The topological polar surface area (TPSA) is 59.5 Å². The van der Waals surface area contributed by atoms with Crippen LogP contribution in [0.2, 0.25) is 0 Å². The van der Waals surface area contributed by atoms with Crippen LogP contribution in [0.4, 0.5) is 5.13 Å². The largest absolute Gasteiger partial charge is 0.495 e. The molecule has 2 heterocycles. The molecule has 0 N–H and O–H groups in total. The minimum Gasteiger partial charge on any atom is -0.495 e. The number of halogens is 1. The summed E-state index contributed by atoms with van der Waals surface area (Å²) in [5.41, 5.74) is 4.91. The first-order valence-electron chi connectivity index (χ1n) is 10.6. The van der Waals surface area contributed by atoms with Gasteiger partial charge in [0, 0.05) is 29.4 Å². The number of aromatic nitrogens is 1. The van der Waals surface area contributed by atoms with E-state index in [4.69, 9.17) is 9.72 Å².